The smallest absolute Gasteiger partial charge is 0.257 e. The molecule has 0 atom stereocenters. The maximum atomic E-state index is 12.0. The summed E-state index contributed by atoms with van der Waals surface area (Å²) in [6, 6.07) is 1.45. The van der Waals surface area contributed by atoms with Gasteiger partial charge in [0.25, 0.3) is 5.91 Å². The number of aryl methyl sites for hydroxylation is 1. The molecule has 2 rings (SSSR count). The highest BCUT2D eigenvalue weighted by Crippen LogP contribution is 2.16. The van der Waals surface area contributed by atoms with Gasteiger partial charge in [-0.1, -0.05) is 0 Å². The summed E-state index contributed by atoms with van der Waals surface area (Å²) in [5, 5.41) is 17.0. The number of pyridine rings is 1. The van der Waals surface area contributed by atoms with E-state index in [1.54, 1.807) is 14.0 Å². The van der Waals surface area contributed by atoms with Gasteiger partial charge in [-0.05, 0) is 6.07 Å². The molecule has 0 aliphatic rings. The van der Waals surface area contributed by atoms with E-state index in [0.29, 0.717) is 11.8 Å². The summed E-state index contributed by atoms with van der Waals surface area (Å²) in [4.78, 5) is 17.1. The Labute approximate surface area is 103 Å². The van der Waals surface area contributed by atoms with E-state index < -0.39 is 0 Å². The summed E-state index contributed by atoms with van der Waals surface area (Å²) >= 11 is 0. The monoisotopic (exact) mass is 248 g/mol. The van der Waals surface area contributed by atoms with E-state index in [1.165, 1.54) is 23.4 Å². The topological polar surface area (TPSA) is 92.4 Å². The van der Waals surface area contributed by atoms with E-state index in [1.807, 2.05) is 0 Å². The summed E-state index contributed by atoms with van der Waals surface area (Å²) in [5.74, 6) is 0.288. The molecule has 1 amide bonds. The van der Waals surface area contributed by atoms with Crippen molar-refractivity contribution in [3.05, 3.63) is 35.8 Å². The standard InChI is InChI=1S/C11H12N4O3/c1-7-13-14-10(18-7)6-15(2)11(17)8-3-4-12-5-9(8)16/h3-5,16H,6H2,1-2H3. The van der Waals surface area contributed by atoms with Crippen LogP contribution in [0.4, 0.5) is 0 Å². The van der Waals surface area contributed by atoms with Crippen LogP contribution < -0.4 is 0 Å². The first-order valence-corrected chi connectivity index (χ1v) is 5.25. The lowest BCUT2D eigenvalue weighted by molar-refractivity contribution is 0.0769. The number of nitrogens with zero attached hydrogens (tertiary/aromatic N) is 4. The molecule has 7 nitrogen and oxygen atoms in total. The number of aromatic hydroxyl groups is 1. The molecule has 0 radical (unpaired) electrons. The van der Waals surface area contributed by atoms with Crippen LogP contribution >= 0.6 is 0 Å². The Kier molecular flexibility index (Phi) is 3.22. The van der Waals surface area contributed by atoms with Gasteiger partial charge in [-0.15, -0.1) is 10.2 Å². The van der Waals surface area contributed by atoms with Gasteiger partial charge in [0.1, 0.15) is 5.75 Å². The molecule has 0 aliphatic carbocycles. The minimum Gasteiger partial charge on any atom is -0.505 e. The average Bonchev–Trinajstić information content (AvgIpc) is 2.74. The Morgan fingerprint density at radius 2 is 2.28 bits per heavy atom. The largest absolute Gasteiger partial charge is 0.505 e. The predicted molar refractivity (Wildman–Crippen MR) is 60.7 cm³/mol. The Morgan fingerprint density at radius 3 is 2.89 bits per heavy atom. The highest BCUT2D eigenvalue weighted by atomic mass is 16.4. The van der Waals surface area contributed by atoms with Crippen LogP contribution in [0.25, 0.3) is 0 Å². The van der Waals surface area contributed by atoms with Gasteiger partial charge in [0.2, 0.25) is 11.8 Å². The molecule has 7 heteroatoms. The van der Waals surface area contributed by atoms with Crippen LogP contribution in [-0.2, 0) is 6.54 Å². The number of hydrogen-bond acceptors (Lipinski definition) is 6. The van der Waals surface area contributed by atoms with Gasteiger partial charge in [0.05, 0.1) is 18.3 Å². The molecule has 2 aromatic heterocycles. The number of carbonyl (C=O) groups excluding carboxylic acids is 1. The molecule has 0 aliphatic heterocycles. The van der Waals surface area contributed by atoms with E-state index in [0.717, 1.165) is 0 Å². The fourth-order valence-electron chi connectivity index (χ4n) is 1.45. The molecule has 1 N–H and O–H groups in total. The van der Waals surface area contributed by atoms with Gasteiger partial charge in [-0.2, -0.15) is 0 Å². The zero-order valence-electron chi connectivity index (χ0n) is 9.99. The third kappa shape index (κ3) is 2.45. The number of rotatable bonds is 3. The lowest BCUT2D eigenvalue weighted by Crippen LogP contribution is -2.26. The fourth-order valence-corrected chi connectivity index (χ4v) is 1.45. The van der Waals surface area contributed by atoms with Crippen LogP contribution in [0.5, 0.6) is 5.75 Å². The molecule has 0 saturated heterocycles. The van der Waals surface area contributed by atoms with Crippen molar-refractivity contribution in [2.45, 2.75) is 13.5 Å². The summed E-state index contributed by atoms with van der Waals surface area (Å²) in [7, 11) is 1.59. The van der Waals surface area contributed by atoms with Crippen molar-refractivity contribution in [1.29, 1.82) is 0 Å². The van der Waals surface area contributed by atoms with Gasteiger partial charge in [0, 0.05) is 20.2 Å². The maximum absolute atomic E-state index is 12.0. The molecular weight excluding hydrogens is 236 g/mol. The Balaban J connectivity index is 2.12. The van der Waals surface area contributed by atoms with E-state index in [-0.39, 0.29) is 23.8 Å². The lowest BCUT2D eigenvalue weighted by Gasteiger charge is -2.15. The highest BCUT2D eigenvalue weighted by Gasteiger charge is 2.17. The molecule has 0 spiro atoms. The number of hydrogen-bond donors (Lipinski definition) is 1. The second kappa shape index (κ2) is 4.82. The summed E-state index contributed by atoms with van der Waals surface area (Å²) in [5.41, 5.74) is 0.184. The molecule has 2 heterocycles. The maximum Gasteiger partial charge on any atom is 0.257 e. The van der Waals surface area contributed by atoms with Gasteiger partial charge >= 0.3 is 0 Å². The Morgan fingerprint density at radius 1 is 1.50 bits per heavy atom. The first kappa shape index (κ1) is 12.0. The van der Waals surface area contributed by atoms with E-state index in [9.17, 15) is 9.90 Å². The van der Waals surface area contributed by atoms with E-state index in [4.69, 9.17) is 4.42 Å². The lowest BCUT2D eigenvalue weighted by atomic mass is 10.2. The zero-order valence-corrected chi connectivity index (χ0v) is 9.99. The Bertz CT molecular complexity index is 567. The quantitative estimate of drug-likeness (QED) is 0.861. The fraction of sp³-hybridized carbons (Fsp3) is 0.273. The number of carbonyl (C=O) groups is 1. The third-order valence-electron chi connectivity index (χ3n) is 2.32. The van der Waals surface area contributed by atoms with Crippen LogP contribution in [0.15, 0.2) is 22.9 Å². The molecule has 0 unspecified atom stereocenters. The van der Waals surface area contributed by atoms with Gasteiger partial charge < -0.3 is 14.4 Å². The molecule has 0 bridgehead atoms. The number of amides is 1. The van der Waals surface area contributed by atoms with Gasteiger partial charge in [0.15, 0.2) is 0 Å². The van der Waals surface area contributed by atoms with E-state index >= 15 is 0 Å². The first-order chi connectivity index (χ1) is 8.58. The minimum atomic E-state index is -0.342. The van der Waals surface area contributed by atoms with Crippen LogP contribution in [-0.4, -0.2) is 38.1 Å². The SMILES string of the molecule is Cc1nnc(CN(C)C(=O)c2ccncc2O)o1. The second-order valence-corrected chi connectivity index (χ2v) is 3.77. The summed E-state index contributed by atoms with van der Waals surface area (Å²) in [6.45, 7) is 1.86. The Hall–Kier alpha value is -2.44. The van der Waals surface area contributed by atoms with Crippen molar-refractivity contribution in [1.82, 2.24) is 20.1 Å². The molecule has 18 heavy (non-hydrogen) atoms. The normalized spacial score (nSPS) is 10.3. The van der Waals surface area contributed by atoms with Crippen molar-refractivity contribution in [2.75, 3.05) is 7.05 Å². The van der Waals surface area contributed by atoms with Crippen LogP contribution in [0.1, 0.15) is 22.1 Å². The third-order valence-corrected chi connectivity index (χ3v) is 2.32. The molecule has 0 saturated carbocycles. The minimum absolute atomic E-state index is 0.156. The summed E-state index contributed by atoms with van der Waals surface area (Å²) in [6.07, 6.45) is 2.66. The van der Waals surface area contributed by atoms with Crippen molar-refractivity contribution in [3.63, 3.8) is 0 Å². The molecule has 2 aromatic rings. The van der Waals surface area contributed by atoms with Gasteiger partial charge in [-0.3, -0.25) is 9.78 Å². The summed E-state index contributed by atoms with van der Waals surface area (Å²) < 4.78 is 5.18. The van der Waals surface area contributed by atoms with Crippen LogP contribution in [0, 0.1) is 6.92 Å². The molecule has 0 fully saturated rings. The second-order valence-electron chi connectivity index (χ2n) is 3.77. The van der Waals surface area contributed by atoms with Crippen LogP contribution in [0.3, 0.4) is 0 Å². The number of aromatic nitrogens is 3. The first-order valence-electron chi connectivity index (χ1n) is 5.25. The van der Waals surface area contributed by atoms with Crippen LogP contribution in [0.2, 0.25) is 0 Å². The van der Waals surface area contributed by atoms with Crippen molar-refractivity contribution in [3.8, 4) is 5.75 Å². The van der Waals surface area contributed by atoms with Gasteiger partial charge in [-0.25, -0.2) is 0 Å². The van der Waals surface area contributed by atoms with E-state index in [2.05, 4.69) is 15.2 Å². The molecule has 0 aromatic carbocycles. The molecular formula is C11H12N4O3. The van der Waals surface area contributed by atoms with Crippen molar-refractivity contribution < 1.29 is 14.3 Å². The molecule has 94 valence electrons. The average molecular weight is 248 g/mol. The van der Waals surface area contributed by atoms with Crippen molar-refractivity contribution in [2.24, 2.45) is 0 Å². The highest BCUT2D eigenvalue weighted by molar-refractivity contribution is 5.96. The predicted octanol–water partition coefficient (Wildman–Crippen LogP) is 0.751. The zero-order chi connectivity index (χ0) is 13.1. The van der Waals surface area contributed by atoms with Crippen molar-refractivity contribution >= 4 is 5.91 Å².